The molecule has 46 heavy (non-hydrogen) atoms. The molecule has 0 aliphatic carbocycles. The summed E-state index contributed by atoms with van der Waals surface area (Å²) in [5.74, 6) is 0. The van der Waals surface area contributed by atoms with Crippen molar-refractivity contribution in [3.05, 3.63) is 193 Å². The highest BCUT2D eigenvalue weighted by atomic mass is 16.3. The monoisotopic (exact) mass is 592 g/mol. The van der Waals surface area contributed by atoms with E-state index in [9.17, 15) is 0 Å². The number of anilines is 6. The molecule has 8 rings (SSSR count). The van der Waals surface area contributed by atoms with Crippen LogP contribution in [0.25, 0.3) is 21.9 Å². The molecule has 7 aromatic carbocycles. The van der Waals surface area contributed by atoms with Crippen molar-refractivity contribution < 1.29 is 4.42 Å². The molecule has 220 valence electrons. The van der Waals surface area contributed by atoms with Crippen LogP contribution in [0.5, 0.6) is 0 Å². The predicted octanol–water partition coefficient (Wildman–Crippen LogP) is 12.1. The van der Waals surface area contributed by atoms with Gasteiger partial charge in [-0.1, -0.05) is 103 Å². The maximum Gasteiger partial charge on any atom is 0.137 e. The second kappa shape index (κ2) is 12.1. The number of nitrogens with zero attached hydrogens (tertiary/aromatic N) is 2. The molecule has 0 bridgehead atoms. The molecule has 0 unspecified atom stereocenters. The Morgan fingerprint density at radius 1 is 0.348 bits per heavy atom. The van der Waals surface area contributed by atoms with Crippen LogP contribution in [0.4, 0.5) is 34.1 Å². The zero-order chi connectivity index (χ0) is 30.7. The van der Waals surface area contributed by atoms with Crippen molar-refractivity contribution in [3.8, 4) is 0 Å². The molecule has 1 aromatic heterocycles. The van der Waals surface area contributed by atoms with E-state index in [1.807, 2.05) is 12.1 Å². The maximum absolute atomic E-state index is 6.24. The summed E-state index contributed by atoms with van der Waals surface area (Å²) < 4.78 is 6.24. The highest BCUT2D eigenvalue weighted by Gasteiger charge is 2.19. The number of fused-ring (bicyclic) bond motifs is 3. The number of benzene rings is 7. The van der Waals surface area contributed by atoms with E-state index in [2.05, 4.69) is 180 Å². The zero-order valence-corrected chi connectivity index (χ0v) is 25.3. The van der Waals surface area contributed by atoms with Gasteiger partial charge in [-0.05, 0) is 96.4 Å². The largest absolute Gasteiger partial charge is 0.456 e. The van der Waals surface area contributed by atoms with Crippen LogP contribution >= 0.6 is 0 Å². The third-order valence-corrected chi connectivity index (χ3v) is 8.46. The number of para-hydroxylation sites is 4. The molecular weight excluding hydrogens is 560 g/mol. The van der Waals surface area contributed by atoms with Crippen LogP contribution in [0.2, 0.25) is 0 Å². The van der Waals surface area contributed by atoms with Crippen molar-refractivity contribution in [3.63, 3.8) is 0 Å². The van der Waals surface area contributed by atoms with E-state index in [0.717, 1.165) is 62.5 Å². The topological polar surface area (TPSA) is 19.6 Å². The minimum Gasteiger partial charge on any atom is -0.456 e. The van der Waals surface area contributed by atoms with E-state index in [1.54, 1.807) is 0 Å². The van der Waals surface area contributed by atoms with E-state index in [-0.39, 0.29) is 0 Å². The van der Waals surface area contributed by atoms with Gasteiger partial charge in [-0.15, -0.1) is 0 Å². The van der Waals surface area contributed by atoms with Crippen molar-refractivity contribution in [1.29, 1.82) is 0 Å². The first-order valence-corrected chi connectivity index (χ1v) is 15.7. The first-order chi connectivity index (χ1) is 22.8. The fourth-order valence-electron chi connectivity index (χ4n) is 6.31. The molecule has 0 aliphatic heterocycles. The smallest absolute Gasteiger partial charge is 0.137 e. The average molecular weight is 593 g/mol. The number of rotatable bonds is 8. The van der Waals surface area contributed by atoms with Crippen molar-refractivity contribution in [2.45, 2.75) is 6.42 Å². The Balaban J connectivity index is 1.10. The zero-order valence-electron chi connectivity index (χ0n) is 25.3. The Morgan fingerprint density at radius 3 is 1.35 bits per heavy atom. The Morgan fingerprint density at radius 2 is 0.783 bits per heavy atom. The van der Waals surface area contributed by atoms with Crippen LogP contribution in [0.1, 0.15) is 11.1 Å². The number of hydrogen-bond donors (Lipinski definition) is 0. The molecule has 3 nitrogen and oxygen atoms in total. The second-order valence-corrected chi connectivity index (χ2v) is 11.4. The lowest BCUT2D eigenvalue weighted by Gasteiger charge is -2.26. The minimum absolute atomic E-state index is 0.852. The normalized spacial score (nSPS) is 11.1. The fraction of sp³-hybridized carbons (Fsp3) is 0.0233. The summed E-state index contributed by atoms with van der Waals surface area (Å²) in [7, 11) is 0. The Hall–Kier alpha value is -6.06. The molecule has 0 fully saturated rings. The van der Waals surface area contributed by atoms with Crippen molar-refractivity contribution in [2.75, 3.05) is 9.80 Å². The standard InChI is InChI=1S/C43H32N2O/c1-4-13-34(14-5-1)44(35-15-6-2-7-16-35)37-27-23-32(24-28-37)31-33-25-29-38(30-26-33)45(36-17-8-3-9-18-36)40-20-12-22-42-43(40)39-19-10-11-21-41(39)46-42/h1-30H,31H2. The van der Waals surface area contributed by atoms with Gasteiger partial charge in [0.15, 0.2) is 0 Å². The van der Waals surface area contributed by atoms with Crippen LogP contribution < -0.4 is 9.80 Å². The van der Waals surface area contributed by atoms with E-state index in [4.69, 9.17) is 4.42 Å². The highest BCUT2D eigenvalue weighted by molar-refractivity contribution is 6.13. The van der Waals surface area contributed by atoms with Crippen molar-refractivity contribution in [2.24, 2.45) is 0 Å². The molecule has 0 saturated heterocycles. The molecule has 0 radical (unpaired) electrons. The molecule has 0 spiro atoms. The van der Waals surface area contributed by atoms with Gasteiger partial charge in [-0.2, -0.15) is 0 Å². The first kappa shape index (κ1) is 27.5. The van der Waals surface area contributed by atoms with Gasteiger partial charge in [-0.25, -0.2) is 0 Å². The van der Waals surface area contributed by atoms with Gasteiger partial charge in [0, 0.05) is 33.8 Å². The molecule has 0 N–H and O–H groups in total. The van der Waals surface area contributed by atoms with Crippen LogP contribution in [0.3, 0.4) is 0 Å². The Kier molecular flexibility index (Phi) is 7.26. The summed E-state index contributed by atoms with van der Waals surface area (Å²) in [4.78, 5) is 4.62. The van der Waals surface area contributed by atoms with Crippen molar-refractivity contribution >= 4 is 56.1 Å². The summed E-state index contributed by atoms with van der Waals surface area (Å²) in [6, 6.07) is 64.0. The lowest BCUT2D eigenvalue weighted by molar-refractivity contribution is 0.669. The van der Waals surface area contributed by atoms with Gasteiger partial charge in [0.1, 0.15) is 11.2 Å². The van der Waals surface area contributed by atoms with Crippen LogP contribution in [0, 0.1) is 0 Å². The Bertz CT molecular complexity index is 2170. The van der Waals surface area contributed by atoms with E-state index >= 15 is 0 Å². The SMILES string of the molecule is c1ccc(N(c2ccccc2)c2ccc(Cc3ccc(N(c4ccccc4)c4cccc5oc6ccccc6c45)cc3)cc2)cc1. The van der Waals surface area contributed by atoms with Crippen LogP contribution in [-0.2, 0) is 6.42 Å². The minimum atomic E-state index is 0.852. The summed E-state index contributed by atoms with van der Waals surface area (Å²) >= 11 is 0. The van der Waals surface area contributed by atoms with Crippen LogP contribution in [-0.4, -0.2) is 0 Å². The highest BCUT2D eigenvalue weighted by Crippen LogP contribution is 2.42. The summed E-state index contributed by atoms with van der Waals surface area (Å²) in [5.41, 5.74) is 11.0. The molecule has 3 heteroatoms. The maximum atomic E-state index is 6.24. The fourth-order valence-corrected chi connectivity index (χ4v) is 6.31. The third-order valence-electron chi connectivity index (χ3n) is 8.46. The number of hydrogen-bond acceptors (Lipinski definition) is 3. The van der Waals surface area contributed by atoms with Gasteiger partial charge < -0.3 is 14.2 Å². The lowest BCUT2D eigenvalue weighted by Crippen LogP contribution is -2.10. The third kappa shape index (κ3) is 5.29. The second-order valence-electron chi connectivity index (χ2n) is 11.4. The summed E-state index contributed by atoms with van der Waals surface area (Å²) in [6.07, 6.45) is 0.852. The van der Waals surface area contributed by atoms with E-state index in [0.29, 0.717) is 0 Å². The molecule has 0 atom stereocenters. The molecular formula is C43H32N2O. The van der Waals surface area contributed by atoms with Gasteiger partial charge in [0.25, 0.3) is 0 Å². The Labute approximate surface area is 269 Å². The first-order valence-electron chi connectivity index (χ1n) is 15.7. The molecule has 1 heterocycles. The van der Waals surface area contributed by atoms with Gasteiger partial charge in [-0.3, -0.25) is 0 Å². The van der Waals surface area contributed by atoms with Gasteiger partial charge in [0.05, 0.1) is 11.1 Å². The molecule has 0 amide bonds. The van der Waals surface area contributed by atoms with Crippen LogP contribution in [0.15, 0.2) is 186 Å². The van der Waals surface area contributed by atoms with E-state index in [1.165, 1.54) is 11.1 Å². The summed E-state index contributed by atoms with van der Waals surface area (Å²) in [5, 5.41) is 2.23. The summed E-state index contributed by atoms with van der Waals surface area (Å²) in [6.45, 7) is 0. The quantitative estimate of drug-likeness (QED) is 0.175. The lowest BCUT2D eigenvalue weighted by atomic mass is 10.0. The van der Waals surface area contributed by atoms with Gasteiger partial charge >= 0.3 is 0 Å². The molecule has 0 aliphatic rings. The van der Waals surface area contributed by atoms with Crippen molar-refractivity contribution in [1.82, 2.24) is 0 Å². The number of furan rings is 1. The van der Waals surface area contributed by atoms with E-state index < -0.39 is 0 Å². The average Bonchev–Trinajstić information content (AvgIpc) is 3.51. The molecule has 0 saturated carbocycles. The van der Waals surface area contributed by atoms with Gasteiger partial charge in [0.2, 0.25) is 0 Å². The predicted molar refractivity (Wildman–Crippen MR) is 192 cm³/mol. The molecule has 8 aromatic rings.